The molecule has 0 saturated heterocycles. The summed E-state index contributed by atoms with van der Waals surface area (Å²) in [5.74, 6) is -0.419. The first-order valence-electron chi connectivity index (χ1n) is 5.21. The highest BCUT2D eigenvalue weighted by molar-refractivity contribution is 6.32. The number of rotatable bonds is 2. The Morgan fingerprint density at radius 3 is 2.76 bits per heavy atom. The molecule has 1 heterocycles. The maximum Gasteiger partial charge on any atom is 0.146 e. The first-order chi connectivity index (χ1) is 8.11. The van der Waals surface area contributed by atoms with E-state index in [1.807, 2.05) is 19.1 Å². The smallest absolute Gasteiger partial charge is 0.146 e. The number of nitrogens with zero attached hydrogens (tertiary/aromatic N) is 1. The molecule has 2 rings (SSSR count). The van der Waals surface area contributed by atoms with Gasteiger partial charge in [0.05, 0.1) is 12.2 Å². The Hall–Kier alpha value is -1.45. The Morgan fingerprint density at radius 2 is 2.06 bits per heavy atom. The summed E-state index contributed by atoms with van der Waals surface area (Å²) in [7, 11) is 0. The van der Waals surface area contributed by atoms with E-state index in [0.29, 0.717) is 10.6 Å². The molecule has 0 aliphatic carbocycles. The minimum atomic E-state index is -0.578. The van der Waals surface area contributed by atoms with Crippen LogP contribution in [0.15, 0.2) is 36.7 Å². The second-order valence-electron chi connectivity index (χ2n) is 3.85. The number of aryl methyl sites for hydroxylation is 1. The molecule has 1 aromatic carbocycles. The predicted molar refractivity (Wildman–Crippen MR) is 66.4 cm³/mol. The number of aromatic nitrogens is 1. The second kappa shape index (κ2) is 4.82. The van der Waals surface area contributed by atoms with Crippen LogP contribution in [0.5, 0.6) is 0 Å². The molecule has 2 N–H and O–H groups in total. The lowest BCUT2D eigenvalue weighted by Gasteiger charge is -2.15. The molecule has 0 amide bonds. The summed E-state index contributed by atoms with van der Waals surface area (Å²) in [6.07, 6.45) is 2.67. The van der Waals surface area contributed by atoms with E-state index in [-0.39, 0.29) is 0 Å². The zero-order valence-electron chi connectivity index (χ0n) is 9.32. The third-order valence-electron chi connectivity index (χ3n) is 2.70. The maximum absolute atomic E-state index is 13.6. The Bertz CT molecular complexity index is 543. The number of nitrogens with two attached hydrogens (primary N) is 1. The molecule has 1 unspecified atom stereocenters. The minimum absolute atomic E-state index is 0.396. The van der Waals surface area contributed by atoms with E-state index in [9.17, 15) is 4.39 Å². The van der Waals surface area contributed by atoms with Crippen LogP contribution in [0, 0.1) is 12.7 Å². The highest BCUT2D eigenvalue weighted by Crippen LogP contribution is 2.29. The fraction of sp³-hybridized carbons (Fsp3) is 0.154. The third kappa shape index (κ3) is 2.30. The van der Waals surface area contributed by atoms with E-state index < -0.39 is 11.9 Å². The van der Waals surface area contributed by atoms with E-state index in [2.05, 4.69) is 4.98 Å². The average Bonchev–Trinajstić information content (AvgIpc) is 2.32. The number of halogens is 2. The number of pyridine rings is 1. The van der Waals surface area contributed by atoms with Crippen LogP contribution in [0.2, 0.25) is 5.02 Å². The van der Waals surface area contributed by atoms with Gasteiger partial charge in [-0.05, 0) is 24.1 Å². The van der Waals surface area contributed by atoms with Crippen molar-refractivity contribution in [2.75, 3.05) is 0 Å². The topological polar surface area (TPSA) is 38.9 Å². The van der Waals surface area contributed by atoms with Crippen LogP contribution in [-0.4, -0.2) is 4.98 Å². The third-order valence-corrected chi connectivity index (χ3v) is 3.21. The summed E-state index contributed by atoms with van der Waals surface area (Å²) in [5, 5.41) is 0.580. The van der Waals surface area contributed by atoms with Gasteiger partial charge in [-0.3, -0.25) is 4.98 Å². The number of benzene rings is 1. The van der Waals surface area contributed by atoms with Crippen molar-refractivity contribution in [3.63, 3.8) is 0 Å². The van der Waals surface area contributed by atoms with Crippen molar-refractivity contribution in [2.45, 2.75) is 13.0 Å². The van der Waals surface area contributed by atoms with Crippen molar-refractivity contribution in [3.8, 4) is 0 Å². The Kier molecular flexibility index (Phi) is 3.41. The lowest BCUT2D eigenvalue weighted by atomic mass is 9.98. The van der Waals surface area contributed by atoms with Gasteiger partial charge in [-0.15, -0.1) is 0 Å². The highest BCUT2D eigenvalue weighted by atomic mass is 35.5. The molecule has 0 aliphatic heterocycles. The molecule has 0 aliphatic rings. The van der Waals surface area contributed by atoms with Gasteiger partial charge in [0.25, 0.3) is 0 Å². The first kappa shape index (κ1) is 12.0. The molecule has 0 saturated carbocycles. The van der Waals surface area contributed by atoms with E-state index >= 15 is 0 Å². The van der Waals surface area contributed by atoms with Crippen molar-refractivity contribution in [1.29, 1.82) is 0 Å². The van der Waals surface area contributed by atoms with Crippen molar-refractivity contribution in [1.82, 2.24) is 4.98 Å². The summed E-state index contributed by atoms with van der Waals surface area (Å²) < 4.78 is 13.6. The van der Waals surface area contributed by atoms with E-state index in [4.69, 9.17) is 17.3 Å². The zero-order valence-corrected chi connectivity index (χ0v) is 10.1. The maximum atomic E-state index is 13.6. The number of hydrogen-bond acceptors (Lipinski definition) is 2. The molecule has 0 bridgehead atoms. The summed E-state index contributed by atoms with van der Waals surface area (Å²) in [4.78, 5) is 3.70. The molecule has 0 radical (unpaired) electrons. The van der Waals surface area contributed by atoms with Crippen molar-refractivity contribution in [3.05, 3.63) is 64.2 Å². The molecule has 17 heavy (non-hydrogen) atoms. The van der Waals surface area contributed by atoms with Crippen LogP contribution in [0.25, 0.3) is 0 Å². The van der Waals surface area contributed by atoms with Gasteiger partial charge < -0.3 is 5.73 Å². The molecule has 4 heteroatoms. The lowest BCUT2D eigenvalue weighted by molar-refractivity contribution is 0.593. The van der Waals surface area contributed by atoms with E-state index in [0.717, 1.165) is 17.3 Å². The van der Waals surface area contributed by atoms with Crippen LogP contribution in [-0.2, 0) is 0 Å². The SMILES string of the molecule is Cc1cccc(C(N)c2ccncc2F)c1Cl. The summed E-state index contributed by atoms with van der Waals surface area (Å²) in [5.41, 5.74) is 8.07. The summed E-state index contributed by atoms with van der Waals surface area (Å²) in [6.45, 7) is 1.89. The molecule has 88 valence electrons. The minimum Gasteiger partial charge on any atom is -0.320 e. The molecule has 0 spiro atoms. The molecule has 2 nitrogen and oxygen atoms in total. The second-order valence-corrected chi connectivity index (χ2v) is 4.23. The van der Waals surface area contributed by atoms with Gasteiger partial charge in [0.15, 0.2) is 0 Å². The highest BCUT2D eigenvalue weighted by Gasteiger charge is 2.16. The van der Waals surface area contributed by atoms with Gasteiger partial charge in [-0.2, -0.15) is 0 Å². The van der Waals surface area contributed by atoms with Gasteiger partial charge in [0.2, 0.25) is 0 Å². The normalized spacial score (nSPS) is 12.5. The standard InChI is InChI=1S/C13H12ClFN2/c1-8-3-2-4-10(12(8)14)13(16)9-5-6-17-7-11(9)15/h2-7,13H,16H2,1H3. The quantitative estimate of drug-likeness (QED) is 0.889. The summed E-state index contributed by atoms with van der Waals surface area (Å²) >= 11 is 6.17. The molecular weight excluding hydrogens is 239 g/mol. The predicted octanol–water partition coefficient (Wildman–Crippen LogP) is 3.23. The van der Waals surface area contributed by atoms with Gasteiger partial charge in [0, 0.05) is 16.8 Å². The largest absolute Gasteiger partial charge is 0.320 e. The van der Waals surface area contributed by atoms with Gasteiger partial charge in [-0.1, -0.05) is 29.8 Å². The van der Waals surface area contributed by atoms with E-state index in [1.54, 1.807) is 12.1 Å². The van der Waals surface area contributed by atoms with Gasteiger partial charge in [0.1, 0.15) is 5.82 Å². The Labute approximate surface area is 104 Å². The van der Waals surface area contributed by atoms with Crippen molar-refractivity contribution < 1.29 is 4.39 Å². The van der Waals surface area contributed by atoms with Crippen LogP contribution >= 0.6 is 11.6 Å². The molecular formula is C13H12ClFN2. The fourth-order valence-electron chi connectivity index (χ4n) is 1.72. The van der Waals surface area contributed by atoms with Crippen LogP contribution in [0.4, 0.5) is 4.39 Å². The van der Waals surface area contributed by atoms with E-state index in [1.165, 1.54) is 6.20 Å². The van der Waals surface area contributed by atoms with Gasteiger partial charge >= 0.3 is 0 Å². The Balaban J connectivity index is 2.48. The molecule has 2 aromatic rings. The van der Waals surface area contributed by atoms with Crippen molar-refractivity contribution in [2.24, 2.45) is 5.73 Å². The monoisotopic (exact) mass is 250 g/mol. The molecule has 0 fully saturated rings. The van der Waals surface area contributed by atoms with Crippen LogP contribution in [0.1, 0.15) is 22.7 Å². The van der Waals surface area contributed by atoms with Gasteiger partial charge in [-0.25, -0.2) is 4.39 Å². The van der Waals surface area contributed by atoms with Crippen LogP contribution < -0.4 is 5.73 Å². The fourth-order valence-corrected chi connectivity index (χ4v) is 1.96. The first-order valence-corrected chi connectivity index (χ1v) is 5.59. The number of hydrogen-bond donors (Lipinski definition) is 1. The molecule has 1 aromatic heterocycles. The Morgan fingerprint density at radius 1 is 1.29 bits per heavy atom. The summed E-state index contributed by atoms with van der Waals surface area (Å²) in [6, 6.07) is 6.54. The zero-order chi connectivity index (χ0) is 12.4. The van der Waals surface area contributed by atoms with Crippen molar-refractivity contribution >= 4 is 11.6 Å². The lowest BCUT2D eigenvalue weighted by Crippen LogP contribution is -2.14. The average molecular weight is 251 g/mol. The molecule has 1 atom stereocenters. The van der Waals surface area contributed by atoms with Crippen LogP contribution in [0.3, 0.4) is 0 Å².